The number of nitrogens with zero attached hydrogens (tertiary/aromatic N) is 4. The Hall–Kier alpha value is -2.89. The number of aromatic nitrogens is 1. The fourth-order valence-corrected chi connectivity index (χ4v) is 3.11. The lowest BCUT2D eigenvalue weighted by Gasteiger charge is -2.00. The SMILES string of the molecule is [N-]=[N+]=NC(=O)c1sc(-c2ccc(F)cc2)cc1-n1cccc1. The Morgan fingerprint density at radius 1 is 1.23 bits per heavy atom. The Bertz CT molecular complexity index is 862. The summed E-state index contributed by atoms with van der Waals surface area (Å²) >= 11 is 1.21. The molecule has 22 heavy (non-hydrogen) atoms. The Kier molecular flexibility index (Phi) is 3.74. The van der Waals surface area contributed by atoms with Gasteiger partial charge in [0.2, 0.25) is 0 Å². The summed E-state index contributed by atoms with van der Waals surface area (Å²) in [5.41, 5.74) is 9.89. The van der Waals surface area contributed by atoms with Gasteiger partial charge in [-0.2, -0.15) is 0 Å². The van der Waals surface area contributed by atoms with Gasteiger partial charge >= 0.3 is 0 Å². The van der Waals surface area contributed by atoms with Crippen LogP contribution in [0.5, 0.6) is 0 Å². The molecule has 1 amide bonds. The number of hydrogen-bond donors (Lipinski definition) is 0. The van der Waals surface area contributed by atoms with E-state index >= 15 is 0 Å². The van der Waals surface area contributed by atoms with Crippen LogP contribution in [0.25, 0.3) is 26.6 Å². The number of amides is 1. The van der Waals surface area contributed by atoms with Crippen LogP contribution in [0.2, 0.25) is 0 Å². The molecule has 0 aliphatic heterocycles. The van der Waals surface area contributed by atoms with Crippen molar-refractivity contribution in [1.82, 2.24) is 4.57 Å². The lowest BCUT2D eigenvalue weighted by Crippen LogP contribution is -1.97. The molecule has 1 aromatic carbocycles. The summed E-state index contributed by atoms with van der Waals surface area (Å²) in [6.45, 7) is 0. The molecule has 108 valence electrons. The lowest BCUT2D eigenvalue weighted by molar-refractivity contribution is 0.100. The molecule has 0 aliphatic rings. The van der Waals surface area contributed by atoms with Crippen molar-refractivity contribution in [3.63, 3.8) is 0 Å². The standard InChI is InChI=1S/C15H9FN4OS/c16-11-5-3-10(4-6-11)13-9-12(20-7-1-2-8-20)14(22-13)15(21)18-19-17/h1-9H. The van der Waals surface area contributed by atoms with Crippen LogP contribution in [0, 0.1) is 5.82 Å². The Labute approximate surface area is 128 Å². The summed E-state index contributed by atoms with van der Waals surface area (Å²) in [5, 5.41) is 3.17. The molecule has 0 unspecified atom stereocenters. The second-order valence-corrected chi connectivity index (χ2v) is 5.47. The number of benzene rings is 1. The zero-order chi connectivity index (χ0) is 15.5. The number of rotatable bonds is 3. The summed E-state index contributed by atoms with van der Waals surface area (Å²) in [5.74, 6) is -0.958. The van der Waals surface area contributed by atoms with Crippen LogP contribution >= 0.6 is 11.3 Å². The minimum atomic E-state index is -0.635. The van der Waals surface area contributed by atoms with Crippen LogP contribution in [0.1, 0.15) is 9.67 Å². The molecule has 2 aromatic heterocycles. The molecule has 0 fully saturated rings. The zero-order valence-corrected chi connectivity index (χ0v) is 12.0. The van der Waals surface area contributed by atoms with Crippen molar-refractivity contribution in [2.24, 2.45) is 5.11 Å². The van der Waals surface area contributed by atoms with Crippen LogP contribution in [0.4, 0.5) is 4.39 Å². The van der Waals surface area contributed by atoms with Gasteiger partial charge in [0.05, 0.1) is 5.69 Å². The predicted molar refractivity (Wildman–Crippen MR) is 82.5 cm³/mol. The molecule has 0 atom stereocenters. The summed E-state index contributed by atoms with van der Waals surface area (Å²) in [4.78, 5) is 15.7. The molecule has 0 spiro atoms. The van der Waals surface area contributed by atoms with E-state index in [0.717, 1.165) is 10.4 Å². The van der Waals surface area contributed by atoms with Gasteiger partial charge in [-0.15, -0.1) is 11.3 Å². The highest BCUT2D eigenvalue weighted by molar-refractivity contribution is 7.17. The summed E-state index contributed by atoms with van der Waals surface area (Å²) in [7, 11) is 0. The Balaban J connectivity index is 2.14. The van der Waals surface area contributed by atoms with E-state index in [9.17, 15) is 9.18 Å². The second-order valence-electron chi connectivity index (χ2n) is 4.42. The molecular formula is C15H9FN4OS. The molecule has 0 aliphatic carbocycles. The average molecular weight is 312 g/mol. The highest BCUT2D eigenvalue weighted by Gasteiger charge is 2.17. The molecule has 0 radical (unpaired) electrons. The van der Waals surface area contributed by atoms with Crippen LogP contribution in [0.15, 0.2) is 60.0 Å². The minimum Gasteiger partial charge on any atom is -0.322 e. The first-order chi connectivity index (χ1) is 10.7. The molecule has 0 N–H and O–H groups in total. The third kappa shape index (κ3) is 2.63. The molecule has 0 saturated heterocycles. The maximum absolute atomic E-state index is 13.0. The van der Waals surface area contributed by atoms with Crippen LogP contribution in [-0.4, -0.2) is 10.5 Å². The fourth-order valence-electron chi connectivity index (χ4n) is 2.06. The molecular weight excluding hydrogens is 303 g/mol. The van der Waals surface area contributed by atoms with E-state index in [1.165, 1.54) is 23.5 Å². The third-order valence-electron chi connectivity index (χ3n) is 3.05. The second kappa shape index (κ2) is 5.85. The summed E-state index contributed by atoms with van der Waals surface area (Å²) in [6.07, 6.45) is 3.59. The van der Waals surface area contributed by atoms with Gasteiger partial charge in [0.1, 0.15) is 10.7 Å². The number of azide groups is 1. The van der Waals surface area contributed by atoms with E-state index in [1.807, 2.05) is 18.2 Å². The van der Waals surface area contributed by atoms with E-state index in [2.05, 4.69) is 10.0 Å². The van der Waals surface area contributed by atoms with Crippen LogP contribution < -0.4 is 0 Å². The molecule has 5 nitrogen and oxygen atoms in total. The van der Waals surface area contributed by atoms with Gasteiger partial charge in [0, 0.05) is 22.2 Å². The average Bonchev–Trinajstić information content (AvgIpc) is 3.17. The van der Waals surface area contributed by atoms with Crippen LogP contribution in [0.3, 0.4) is 0 Å². The number of hydrogen-bond acceptors (Lipinski definition) is 2. The fraction of sp³-hybridized carbons (Fsp3) is 0. The van der Waals surface area contributed by atoms with E-state index < -0.39 is 5.91 Å². The third-order valence-corrected chi connectivity index (χ3v) is 4.21. The normalized spacial score (nSPS) is 10.2. The van der Waals surface area contributed by atoms with E-state index in [4.69, 9.17) is 5.53 Å². The topological polar surface area (TPSA) is 70.8 Å². The first kappa shape index (κ1) is 14.1. The highest BCUT2D eigenvalue weighted by atomic mass is 32.1. The smallest absolute Gasteiger partial charge is 0.261 e. The minimum absolute atomic E-state index is 0.323. The molecule has 2 heterocycles. The van der Waals surface area contributed by atoms with Crippen molar-refractivity contribution < 1.29 is 9.18 Å². The molecule has 7 heteroatoms. The van der Waals surface area contributed by atoms with Crippen molar-refractivity contribution in [1.29, 1.82) is 0 Å². The first-order valence-corrected chi connectivity index (χ1v) is 7.13. The van der Waals surface area contributed by atoms with Crippen molar-refractivity contribution in [2.75, 3.05) is 0 Å². The zero-order valence-electron chi connectivity index (χ0n) is 11.2. The van der Waals surface area contributed by atoms with Crippen LogP contribution in [-0.2, 0) is 0 Å². The quantitative estimate of drug-likeness (QED) is 0.389. The maximum atomic E-state index is 13.0. The van der Waals surface area contributed by atoms with Crippen molar-refractivity contribution in [3.8, 4) is 16.1 Å². The number of thiophene rings is 1. The highest BCUT2D eigenvalue weighted by Crippen LogP contribution is 2.34. The molecule has 3 aromatic rings. The van der Waals surface area contributed by atoms with Crippen molar-refractivity contribution in [2.45, 2.75) is 0 Å². The predicted octanol–water partition coefficient (Wildman–Crippen LogP) is 4.80. The van der Waals surface area contributed by atoms with E-state index in [1.54, 1.807) is 29.1 Å². The number of halogens is 1. The Morgan fingerprint density at radius 3 is 2.55 bits per heavy atom. The van der Waals surface area contributed by atoms with Gasteiger partial charge in [-0.05, 0) is 46.5 Å². The summed E-state index contributed by atoms with van der Waals surface area (Å²) in [6, 6.07) is 11.5. The maximum Gasteiger partial charge on any atom is 0.261 e. The van der Waals surface area contributed by atoms with Gasteiger partial charge in [0.15, 0.2) is 0 Å². The van der Waals surface area contributed by atoms with Crippen molar-refractivity contribution in [3.05, 3.63) is 76.0 Å². The van der Waals surface area contributed by atoms with E-state index in [0.29, 0.717) is 10.6 Å². The first-order valence-electron chi connectivity index (χ1n) is 6.31. The van der Waals surface area contributed by atoms with Gasteiger partial charge in [-0.25, -0.2) is 4.39 Å². The largest absolute Gasteiger partial charge is 0.322 e. The summed E-state index contributed by atoms with van der Waals surface area (Å²) < 4.78 is 14.8. The monoisotopic (exact) mass is 312 g/mol. The van der Waals surface area contributed by atoms with Gasteiger partial charge < -0.3 is 4.57 Å². The van der Waals surface area contributed by atoms with Gasteiger partial charge in [-0.3, -0.25) is 4.79 Å². The van der Waals surface area contributed by atoms with Gasteiger partial charge in [0.25, 0.3) is 5.91 Å². The molecule has 0 bridgehead atoms. The number of carbonyl (C=O) groups excluding carboxylic acids is 1. The van der Waals surface area contributed by atoms with Crippen molar-refractivity contribution >= 4 is 17.2 Å². The number of carbonyl (C=O) groups is 1. The van der Waals surface area contributed by atoms with Gasteiger partial charge in [-0.1, -0.05) is 12.1 Å². The molecule has 0 saturated carbocycles. The molecule has 3 rings (SSSR count). The van der Waals surface area contributed by atoms with E-state index in [-0.39, 0.29) is 5.82 Å². The lowest BCUT2D eigenvalue weighted by atomic mass is 10.2. The Morgan fingerprint density at radius 2 is 1.91 bits per heavy atom.